The highest BCUT2D eigenvalue weighted by molar-refractivity contribution is 8.27. The van der Waals surface area contributed by atoms with Crippen molar-refractivity contribution in [2.24, 2.45) is 10.1 Å². The first kappa shape index (κ1) is 26.5. The third kappa shape index (κ3) is 5.84. The number of benzene rings is 3. The van der Waals surface area contributed by atoms with Gasteiger partial charge in [-0.2, -0.15) is 15.1 Å². The van der Waals surface area contributed by atoms with Gasteiger partial charge >= 0.3 is 0 Å². The number of ether oxygens (including phenoxy) is 3. The molecule has 0 aliphatic carbocycles. The molecule has 0 aromatic heterocycles. The molecule has 8 nitrogen and oxygen atoms in total. The lowest BCUT2D eigenvalue weighted by Gasteiger charge is -2.20. The number of carbonyl (C=O) groups excluding carboxylic acids is 1. The number of aryl methyl sites for hydroxylation is 1. The Morgan fingerprint density at radius 3 is 2.49 bits per heavy atom. The maximum absolute atomic E-state index is 12.9. The number of nitrogens with zero attached hydrogens (tertiary/aromatic N) is 3. The van der Waals surface area contributed by atoms with Crippen molar-refractivity contribution in [3.63, 3.8) is 0 Å². The first-order chi connectivity index (χ1) is 18.9. The maximum Gasteiger partial charge on any atom is 0.283 e. The number of halogens is 1. The zero-order chi connectivity index (χ0) is 27.4. The molecule has 2 aliphatic heterocycles. The monoisotopic (exact) mass is 560 g/mol. The van der Waals surface area contributed by atoms with E-state index in [0.29, 0.717) is 51.3 Å². The molecule has 2 aliphatic rings. The summed E-state index contributed by atoms with van der Waals surface area (Å²) < 4.78 is 17.4. The van der Waals surface area contributed by atoms with Crippen LogP contribution in [0, 0.1) is 12.3 Å². The molecule has 2 heterocycles. The van der Waals surface area contributed by atoms with Crippen molar-refractivity contribution < 1.29 is 19.0 Å². The maximum atomic E-state index is 12.9. The Morgan fingerprint density at radius 2 is 1.72 bits per heavy atom. The number of fused-ring (bicyclic) bond motifs is 1. The lowest BCUT2D eigenvalue weighted by Crippen LogP contribution is -2.35. The molecule has 0 saturated heterocycles. The molecule has 10 heteroatoms. The van der Waals surface area contributed by atoms with Gasteiger partial charge < -0.3 is 14.2 Å². The van der Waals surface area contributed by atoms with Crippen LogP contribution >= 0.6 is 23.4 Å². The van der Waals surface area contributed by atoms with Gasteiger partial charge in [0.25, 0.3) is 5.91 Å². The molecule has 198 valence electrons. The quantitative estimate of drug-likeness (QED) is 0.248. The highest BCUT2D eigenvalue weighted by atomic mass is 35.5. The fourth-order valence-corrected chi connectivity index (χ4v) is 5.12. The molecular weight excluding hydrogens is 536 g/mol. The molecule has 0 bridgehead atoms. The standard InChI is InChI=1S/C29H25ClN4O4S/c1-3-36-25-17-19(12-13-24(25)38-15-14-37-23-11-7-6-10-22(23)30)16-21-26(31)34-29(32-27(21)35)39-28(33-34)20-9-5-4-8-18(20)2/h4-13,16-17,31H,3,14-15H2,1-2H3. The summed E-state index contributed by atoms with van der Waals surface area (Å²) in [6.07, 6.45) is 1.61. The fraction of sp³-hybridized carbons (Fsp3) is 0.172. The fourth-order valence-electron chi connectivity index (χ4n) is 3.95. The molecule has 0 atom stereocenters. The van der Waals surface area contributed by atoms with Gasteiger partial charge in [0.2, 0.25) is 5.17 Å². The van der Waals surface area contributed by atoms with Gasteiger partial charge in [0.05, 0.1) is 17.2 Å². The van der Waals surface area contributed by atoms with Crippen LogP contribution in [0.1, 0.15) is 23.6 Å². The van der Waals surface area contributed by atoms with Crippen LogP contribution < -0.4 is 14.2 Å². The molecule has 1 N–H and O–H groups in total. The summed E-state index contributed by atoms with van der Waals surface area (Å²) in [6.45, 7) is 4.87. The first-order valence-corrected chi connectivity index (χ1v) is 13.5. The zero-order valence-electron chi connectivity index (χ0n) is 21.3. The van der Waals surface area contributed by atoms with E-state index in [1.54, 1.807) is 36.4 Å². The number of rotatable bonds is 9. The Hall–Kier alpha value is -4.08. The van der Waals surface area contributed by atoms with Crippen LogP contribution in [-0.4, -0.2) is 46.8 Å². The summed E-state index contributed by atoms with van der Waals surface area (Å²) in [5.74, 6) is 1.12. The van der Waals surface area contributed by atoms with E-state index in [1.807, 2.05) is 50.2 Å². The molecule has 5 rings (SSSR count). The van der Waals surface area contributed by atoms with Gasteiger partial charge in [-0.1, -0.05) is 54.1 Å². The van der Waals surface area contributed by atoms with Crippen LogP contribution in [0.4, 0.5) is 0 Å². The summed E-state index contributed by atoms with van der Waals surface area (Å²) in [5, 5.41) is 16.3. The summed E-state index contributed by atoms with van der Waals surface area (Å²) in [6, 6.07) is 20.4. The summed E-state index contributed by atoms with van der Waals surface area (Å²) in [4.78, 5) is 17.1. The molecule has 0 saturated carbocycles. The molecule has 0 radical (unpaired) electrons. The topological polar surface area (TPSA) is 96.6 Å². The molecule has 3 aromatic rings. The van der Waals surface area contributed by atoms with Crippen LogP contribution in [0.2, 0.25) is 5.02 Å². The third-order valence-corrected chi connectivity index (χ3v) is 7.10. The second kappa shape index (κ2) is 11.8. The van der Waals surface area contributed by atoms with E-state index < -0.39 is 5.91 Å². The van der Waals surface area contributed by atoms with E-state index in [-0.39, 0.29) is 18.0 Å². The Kier molecular flexibility index (Phi) is 7.99. The van der Waals surface area contributed by atoms with Crippen LogP contribution in [0.3, 0.4) is 0 Å². The summed E-state index contributed by atoms with van der Waals surface area (Å²) in [5.41, 5.74) is 2.80. The van der Waals surface area contributed by atoms with Gasteiger partial charge in [-0.3, -0.25) is 10.2 Å². The SMILES string of the molecule is CCOc1cc(C=C2C(=N)N3N=C(c4ccccc4C)SC3=NC2=O)ccc1OCCOc1ccccc1Cl. The number of hydrazone groups is 1. The van der Waals surface area contributed by atoms with Gasteiger partial charge in [0, 0.05) is 5.56 Å². The highest BCUT2D eigenvalue weighted by Gasteiger charge is 2.36. The Bertz CT molecular complexity index is 1540. The number of hydrogen-bond donors (Lipinski definition) is 1. The van der Waals surface area contributed by atoms with Gasteiger partial charge in [-0.25, -0.2) is 0 Å². The smallest absolute Gasteiger partial charge is 0.283 e. The number of amidine groups is 2. The minimum Gasteiger partial charge on any atom is -0.490 e. The molecule has 0 unspecified atom stereocenters. The average molecular weight is 561 g/mol. The van der Waals surface area contributed by atoms with Crippen molar-refractivity contribution in [1.82, 2.24) is 5.01 Å². The number of nitrogens with one attached hydrogen (secondary N) is 1. The second-order valence-electron chi connectivity index (χ2n) is 8.51. The van der Waals surface area contributed by atoms with E-state index in [9.17, 15) is 4.79 Å². The highest BCUT2D eigenvalue weighted by Crippen LogP contribution is 2.33. The van der Waals surface area contributed by atoms with Crippen molar-refractivity contribution >= 4 is 51.4 Å². The second-order valence-corrected chi connectivity index (χ2v) is 9.87. The molecular formula is C29H25ClN4O4S. The van der Waals surface area contributed by atoms with Crippen LogP contribution in [0.5, 0.6) is 17.2 Å². The predicted molar refractivity (Wildman–Crippen MR) is 155 cm³/mol. The third-order valence-electron chi connectivity index (χ3n) is 5.84. The van der Waals surface area contributed by atoms with Crippen molar-refractivity contribution in [3.8, 4) is 17.2 Å². The van der Waals surface area contributed by atoms with Crippen molar-refractivity contribution in [1.29, 1.82) is 5.41 Å². The van der Waals surface area contributed by atoms with Crippen molar-refractivity contribution in [3.05, 3.63) is 94.0 Å². The van der Waals surface area contributed by atoms with Gasteiger partial charge in [-0.05, 0) is 67.1 Å². The van der Waals surface area contributed by atoms with E-state index in [2.05, 4.69) is 10.1 Å². The van der Waals surface area contributed by atoms with Crippen molar-refractivity contribution in [2.75, 3.05) is 19.8 Å². The number of hydrogen-bond acceptors (Lipinski definition) is 7. The minimum atomic E-state index is -0.491. The molecule has 0 fully saturated rings. The van der Waals surface area contributed by atoms with E-state index in [0.717, 1.165) is 11.1 Å². The Morgan fingerprint density at radius 1 is 0.974 bits per heavy atom. The largest absolute Gasteiger partial charge is 0.490 e. The average Bonchev–Trinajstić information content (AvgIpc) is 3.35. The number of para-hydroxylation sites is 1. The summed E-state index contributed by atoms with van der Waals surface area (Å²) >= 11 is 7.41. The van der Waals surface area contributed by atoms with E-state index in [4.69, 9.17) is 31.2 Å². The van der Waals surface area contributed by atoms with Crippen molar-refractivity contribution in [2.45, 2.75) is 13.8 Å². The molecule has 3 aromatic carbocycles. The Labute approximate surface area is 235 Å². The zero-order valence-corrected chi connectivity index (χ0v) is 22.9. The van der Waals surface area contributed by atoms with Crippen LogP contribution in [0.25, 0.3) is 6.08 Å². The number of aliphatic imine (C=N–C) groups is 1. The molecule has 39 heavy (non-hydrogen) atoms. The molecule has 0 spiro atoms. The van der Waals surface area contributed by atoms with E-state index >= 15 is 0 Å². The van der Waals surface area contributed by atoms with Crippen LogP contribution in [-0.2, 0) is 4.79 Å². The van der Waals surface area contributed by atoms with E-state index in [1.165, 1.54) is 16.8 Å². The normalized spacial score (nSPS) is 15.7. The lowest BCUT2D eigenvalue weighted by atomic mass is 10.1. The Balaban J connectivity index is 1.32. The van der Waals surface area contributed by atoms with Gasteiger partial charge in [0.15, 0.2) is 17.3 Å². The first-order valence-electron chi connectivity index (χ1n) is 12.3. The minimum absolute atomic E-state index is 0.0314. The number of carbonyl (C=O) groups is 1. The predicted octanol–water partition coefficient (Wildman–Crippen LogP) is 6.17. The van der Waals surface area contributed by atoms with Gasteiger partial charge in [0.1, 0.15) is 24.0 Å². The van der Waals surface area contributed by atoms with Gasteiger partial charge in [-0.15, -0.1) is 0 Å². The number of amides is 1. The molecule has 1 amide bonds. The number of thioether (sulfide) groups is 1. The summed E-state index contributed by atoms with van der Waals surface area (Å²) in [7, 11) is 0. The van der Waals surface area contributed by atoms with Crippen LogP contribution in [0.15, 0.2) is 82.4 Å². The lowest BCUT2D eigenvalue weighted by molar-refractivity contribution is -0.114.